The molecule has 0 saturated heterocycles. The molecular weight excluding hydrogens is 399 g/mol. The van der Waals surface area contributed by atoms with Gasteiger partial charge in [0.15, 0.2) is 0 Å². The fourth-order valence-corrected chi connectivity index (χ4v) is 3.75. The second-order valence-corrected chi connectivity index (χ2v) is 7.73. The third-order valence-corrected chi connectivity index (χ3v) is 5.42. The predicted octanol–water partition coefficient (Wildman–Crippen LogP) is 4.27. The molecule has 0 saturated carbocycles. The second-order valence-electron chi connectivity index (χ2n) is 6.31. The van der Waals surface area contributed by atoms with E-state index in [4.69, 9.17) is 11.6 Å². The zero-order chi connectivity index (χ0) is 20.5. The Balaban J connectivity index is 2.07. The third-order valence-electron chi connectivity index (χ3n) is 4.20. The Morgan fingerprint density at radius 3 is 2.64 bits per heavy atom. The molecule has 0 aromatic heterocycles. The number of benzene rings is 2. The van der Waals surface area contributed by atoms with E-state index in [0.29, 0.717) is 22.9 Å². The number of nitrogens with zero attached hydrogens (tertiary/aromatic N) is 1. The molecule has 0 radical (unpaired) electrons. The predicted molar refractivity (Wildman–Crippen MR) is 113 cm³/mol. The van der Waals surface area contributed by atoms with Gasteiger partial charge in [0.25, 0.3) is 0 Å². The minimum atomic E-state index is -0.696. The molecule has 1 atom stereocenters. The maximum absolute atomic E-state index is 14.1. The molecule has 2 aromatic carbocycles. The minimum absolute atomic E-state index is 0.0432. The van der Waals surface area contributed by atoms with Crippen molar-refractivity contribution in [2.24, 2.45) is 0 Å². The van der Waals surface area contributed by atoms with Gasteiger partial charge in [0.1, 0.15) is 11.9 Å². The number of amides is 2. The summed E-state index contributed by atoms with van der Waals surface area (Å²) in [5.74, 6) is -0.0591. The molecule has 0 bridgehead atoms. The van der Waals surface area contributed by atoms with Gasteiger partial charge < -0.3 is 10.2 Å². The van der Waals surface area contributed by atoms with Crippen LogP contribution in [-0.4, -0.2) is 35.1 Å². The van der Waals surface area contributed by atoms with Gasteiger partial charge >= 0.3 is 0 Å². The molecule has 0 heterocycles. The minimum Gasteiger partial charge on any atom is -0.355 e. The molecule has 2 aromatic rings. The Labute approximate surface area is 174 Å². The lowest BCUT2D eigenvalue weighted by molar-refractivity contribution is -0.138. The zero-order valence-electron chi connectivity index (χ0n) is 16.0. The van der Waals surface area contributed by atoms with Gasteiger partial charge in [-0.25, -0.2) is 4.39 Å². The first kappa shape index (κ1) is 22.2. The average Bonchev–Trinajstić information content (AvgIpc) is 2.67. The summed E-state index contributed by atoms with van der Waals surface area (Å²) in [5.41, 5.74) is 1.40. The first-order valence-corrected chi connectivity index (χ1v) is 10.6. The lowest BCUT2D eigenvalue weighted by atomic mass is 10.1. The topological polar surface area (TPSA) is 49.4 Å². The Morgan fingerprint density at radius 1 is 1.21 bits per heavy atom. The van der Waals surface area contributed by atoms with Crippen LogP contribution in [0.3, 0.4) is 0 Å². The van der Waals surface area contributed by atoms with Crippen LogP contribution in [0.1, 0.15) is 25.0 Å². The zero-order valence-corrected chi connectivity index (χ0v) is 17.5. The molecule has 0 aliphatic heterocycles. The van der Waals surface area contributed by atoms with Gasteiger partial charge in [0.05, 0.1) is 5.75 Å². The van der Waals surface area contributed by atoms with Crippen molar-refractivity contribution in [2.45, 2.75) is 32.2 Å². The van der Waals surface area contributed by atoms with Crippen LogP contribution in [-0.2, 0) is 21.9 Å². The van der Waals surface area contributed by atoms with E-state index >= 15 is 0 Å². The van der Waals surface area contributed by atoms with Gasteiger partial charge in [-0.15, -0.1) is 11.8 Å². The van der Waals surface area contributed by atoms with Crippen molar-refractivity contribution in [2.75, 3.05) is 12.3 Å². The molecule has 7 heteroatoms. The molecule has 0 aliphatic rings. The van der Waals surface area contributed by atoms with Crippen LogP contribution in [0.15, 0.2) is 48.5 Å². The quantitative estimate of drug-likeness (QED) is 0.656. The van der Waals surface area contributed by atoms with E-state index in [0.717, 1.165) is 5.56 Å². The lowest BCUT2D eigenvalue weighted by Crippen LogP contribution is -2.48. The van der Waals surface area contributed by atoms with Crippen molar-refractivity contribution in [3.63, 3.8) is 0 Å². The van der Waals surface area contributed by atoms with Crippen LogP contribution in [0, 0.1) is 5.82 Å². The highest BCUT2D eigenvalue weighted by Gasteiger charge is 2.26. The van der Waals surface area contributed by atoms with Crippen molar-refractivity contribution in [3.8, 4) is 0 Å². The van der Waals surface area contributed by atoms with Crippen molar-refractivity contribution < 1.29 is 14.0 Å². The number of halogens is 2. The van der Waals surface area contributed by atoms with Crippen LogP contribution >= 0.6 is 23.4 Å². The summed E-state index contributed by atoms with van der Waals surface area (Å²) in [4.78, 5) is 26.5. The summed E-state index contributed by atoms with van der Waals surface area (Å²) in [6.45, 7) is 3.98. The number of hydrogen-bond donors (Lipinski definition) is 1. The average molecular weight is 423 g/mol. The second kappa shape index (κ2) is 11.1. The van der Waals surface area contributed by atoms with Crippen molar-refractivity contribution in [3.05, 3.63) is 70.5 Å². The smallest absolute Gasteiger partial charge is 0.242 e. The molecular formula is C21H24ClFN2O2S. The number of carbonyl (C=O) groups is 2. The third kappa shape index (κ3) is 6.53. The van der Waals surface area contributed by atoms with E-state index in [1.54, 1.807) is 31.2 Å². The molecule has 2 rings (SSSR count). The molecule has 4 nitrogen and oxygen atoms in total. The maximum Gasteiger partial charge on any atom is 0.242 e. The summed E-state index contributed by atoms with van der Waals surface area (Å²) in [6, 6.07) is 13.0. The van der Waals surface area contributed by atoms with Crippen LogP contribution in [0.2, 0.25) is 5.02 Å². The Morgan fingerprint density at radius 2 is 1.96 bits per heavy atom. The van der Waals surface area contributed by atoms with Gasteiger partial charge in [-0.3, -0.25) is 9.59 Å². The van der Waals surface area contributed by atoms with Crippen molar-refractivity contribution in [1.29, 1.82) is 0 Å². The number of nitrogens with one attached hydrogen (secondary N) is 1. The molecule has 150 valence electrons. The monoisotopic (exact) mass is 422 g/mol. The number of rotatable bonds is 9. The lowest BCUT2D eigenvalue weighted by Gasteiger charge is -2.28. The Hall–Kier alpha value is -2.05. The SMILES string of the molecule is CCNC(=O)[C@H](C)N(Cc1ccccc1F)C(=O)CSCc1cccc(Cl)c1. The number of thioether (sulfide) groups is 1. The normalized spacial score (nSPS) is 11.7. The number of carbonyl (C=O) groups excluding carboxylic acids is 2. The summed E-state index contributed by atoms with van der Waals surface area (Å²) in [7, 11) is 0. The molecule has 28 heavy (non-hydrogen) atoms. The molecule has 2 amide bonds. The van der Waals surface area contributed by atoms with E-state index in [1.807, 2.05) is 25.1 Å². The van der Waals surface area contributed by atoms with Gasteiger partial charge in [-0.2, -0.15) is 0 Å². The van der Waals surface area contributed by atoms with Crippen molar-refractivity contribution >= 4 is 35.2 Å². The Kier molecular flexibility index (Phi) is 8.80. The highest BCUT2D eigenvalue weighted by atomic mass is 35.5. The molecule has 0 spiro atoms. The van der Waals surface area contributed by atoms with E-state index < -0.39 is 11.9 Å². The highest BCUT2D eigenvalue weighted by molar-refractivity contribution is 7.99. The molecule has 1 N–H and O–H groups in total. The first-order chi connectivity index (χ1) is 13.4. The molecule has 0 fully saturated rings. The largest absolute Gasteiger partial charge is 0.355 e. The fourth-order valence-electron chi connectivity index (χ4n) is 2.68. The maximum atomic E-state index is 14.1. The summed E-state index contributed by atoms with van der Waals surface area (Å²) >= 11 is 7.42. The summed E-state index contributed by atoms with van der Waals surface area (Å²) < 4.78 is 14.1. The molecule has 0 unspecified atom stereocenters. The van der Waals surface area contributed by atoms with E-state index in [2.05, 4.69) is 5.32 Å². The van der Waals surface area contributed by atoms with Crippen LogP contribution < -0.4 is 5.32 Å². The fraction of sp³-hybridized carbons (Fsp3) is 0.333. The van der Waals surface area contributed by atoms with Crippen LogP contribution in [0.5, 0.6) is 0 Å². The number of hydrogen-bond acceptors (Lipinski definition) is 3. The van der Waals surface area contributed by atoms with Gasteiger partial charge in [0, 0.05) is 29.4 Å². The van der Waals surface area contributed by atoms with Gasteiger partial charge in [0.2, 0.25) is 11.8 Å². The van der Waals surface area contributed by atoms with Gasteiger partial charge in [-0.1, -0.05) is 41.9 Å². The first-order valence-electron chi connectivity index (χ1n) is 9.05. The van der Waals surface area contributed by atoms with Crippen LogP contribution in [0.25, 0.3) is 0 Å². The molecule has 0 aliphatic carbocycles. The van der Waals surface area contributed by atoms with E-state index in [1.165, 1.54) is 22.7 Å². The standard InChI is InChI=1S/C21H24ClFN2O2S/c1-3-24-21(27)15(2)25(12-17-8-4-5-10-19(17)23)20(26)14-28-13-16-7-6-9-18(22)11-16/h4-11,15H,3,12-14H2,1-2H3,(H,24,27)/t15-/m0/s1. The Bertz CT molecular complexity index is 818. The van der Waals surface area contributed by atoms with Gasteiger partial charge in [-0.05, 0) is 37.6 Å². The van der Waals surface area contributed by atoms with E-state index in [-0.39, 0.29) is 24.1 Å². The van der Waals surface area contributed by atoms with Crippen molar-refractivity contribution in [1.82, 2.24) is 10.2 Å². The summed E-state index contributed by atoms with van der Waals surface area (Å²) in [5, 5.41) is 3.37. The number of likely N-dealkylation sites (N-methyl/N-ethyl adjacent to an activating group) is 1. The summed E-state index contributed by atoms with van der Waals surface area (Å²) in [6.07, 6.45) is 0. The van der Waals surface area contributed by atoms with E-state index in [9.17, 15) is 14.0 Å². The van der Waals surface area contributed by atoms with Crippen LogP contribution in [0.4, 0.5) is 4.39 Å². The highest BCUT2D eigenvalue weighted by Crippen LogP contribution is 2.19.